The molecule has 3 heterocycles. The summed E-state index contributed by atoms with van der Waals surface area (Å²) < 4.78 is 7.92. The fourth-order valence-corrected chi connectivity index (χ4v) is 4.40. The van der Waals surface area contributed by atoms with Gasteiger partial charge in [-0.3, -0.25) is 4.79 Å². The largest absolute Gasteiger partial charge is 0.372 e. The standard InChI is InChI=1S/C24H29N3O2/c1-16-9-10-27-22(13-25-23(27)11-16)21(20-8-6-5-7-17(20)2)12-24(28)26-14-18(3)29-19(4)15-26/h5-11,13,18-19,21H,12,14-15H2,1-4H3. The number of fused-ring (bicyclic) bond motifs is 1. The van der Waals surface area contributed by atoms with E-state index in [1.807, 2.05) is 37.1 Å². The molecule has 1 amide bonds. The molecule has 0 radical (unpaired) electrons. The summed E-state index contributed by atoms with van der Waals surface area (Å²) in [6.07, 6.45) is 4.54. The number of rotatable bonds is 4. The quantitative estimate of drug-likeness (QED) is 0.672. The van der Waals surface area contributed by atoms with Crippen LogP contribution in [0.15, 0.2) is 48.8 Å². The summed E-state index contributed by atoms with van der Waals surface area (Å²) in [5, 5.41) is 0. The van der Waals surface area contributed by atoms with E-state index < -0.39 is 0 Å². The van der Waals surface area contributed by atoms with Gasteiger partial charge in [0.1, 0.15) is 5.65 Å². The van der Waals surface area contributed by atoms with Crippen LogP contribution in [0.25, 0.3) is 5.65 Å². The number of carbonyl (C=O) groups excluding carboxylic acids is 1. The van der Waals surface area contributed by atoms with Crippen molar-refractivity contribution in [2.45, 2.75) is 52.2 Å². The Morgan fingerprint density at radius 3 is 2.62 bits per heavy atom. The number of ether oxygens (including phenoxy) is 1. The maximum absolute atomic E-state index is 13.3. The molecule has 152 valence electrons. The number of nitrogens with zero attached hydrogens (tertiary/aromatic N) is 3. The second-order valence-corrected chi connectivity index (χ2v) is 8.28. The van der Waals surface area contributed by atoms with Crippen LogP contribution < -0.4 is 0 Å². The molecule has 2 aromatic heterocycles. The normalized spacial score (nSPS) is 20.8. The summed E-state index contributed by atoms with van der Waals surface area (Å²) in [5.41, 5.74) is 5.51. The molecule has 1 aromatic carbocycles. The number of aryl methyl sites for hydroxylation is 2. The van der Waals surface area contributed by atoms with E-state index in [0.717, 1.165) is 11.3 Å². The highest BCUT2D eigenvalue weighted by Crippen LogP contribution is 2.32. The van der Waals surface area contributed by atoms with Crippen LogP contribution in [0.1, 0.15) is 48.6 Å². The van der Waals surface area contributed by atoms with Crippen LogP contribution in [0.3, 0.4) is 0 Å². The van der Waals surface area contributed by atoms with Crippen molar-refractivity contribution in [2.24, 2.45) is 0 Å². The lowest BCUT2D eigenvalue weighted by atomic mass is 9.89. The molecule has 5 heteroatoms. The molecule has 1 aliphatic rings. The van der Waals surface area contributed by atoms with Gasteiger partial charge < -0.3 is 14.0 Å². The second-order valence-electron chi connectivity index (χ2n) is 8.28. The first-order valence-corrected chi connectivity index (χ1v) is 10.3. The average Bonchev–Trinajstić information content (AvgIpc) is 3.08. The van der Waals surface area contributed by atoms with E-state index in [9.17, 15) is 4.79 Å². The Bertz CT molecular complexity index is 1020. The van der Waals surface area contributed by atoms with Crippen molar-refractivity contribution < 1.29 is 9.53 Å². The third-order valence-electron chi connectivity index (χ3n) is 5.77. The molecule has 3 unspecified atom stereocenters. The first-order chi connectivity index (χ1) is 13.9. The van der Waals surface area contributed by atoms with Crippen molar-refractivity contribution in [3.63, 3.8) is 0 Å². The lowest BCUT2D eigenvalue weighted by Crippen LogP contribution is -2.48. The Kier molecular flexibility index (Phi) is 5.41. The molecule has 0 saturated carbocycles. The predicted octanol–water partition coefficient (Wildman–Crippen LogP) is 4.11. The van der Waals surface area contributed by atoms with Crippen molar-refractivity contribution >= 4 is 11.6 Å². The minimum Gasteiger partial charge on any atom is -0.372 e. The molecule has 1 fully saturated rings. The lowest BCUT2D eigenvalue weighted by Gasteiger charge is -2.36. The Labute approximate surface area is 172 Å². The van der Waals surface area contributed by atoms with Gasteiger partial charge >= 0.3 is 0 Å². The van der Waals surface area contributed by atoms with Crippen molar-refractivity contribution in [1.82, 2.24) is 14.3 Å². The van der Waals surface area contributed by atoms with Gasteiger partial charge in [0, 0.05) is 37.8 Å². The minimum absolute atomic E-state index is 0.0464. The van der Waals surface area contributed by atoms with E-state index in [1.165, 1.54) is 16.7 Å². The lowest BCUT2D eigenvalue weighted by molar-refractivity contribution is -0.143. The van der Waals surface area contributed by atoms with Gasteiger partial charge in [0.15, 0.2) is 0 Å². The minimum atomic E-state index is -0.0464. The van der Waals surface area contributed by atoms with Gasteiger partial charge in [0.25, 0.3) is 0 Å². The summed E-state index contributed by atoms with van der Waals surface area (Å²) in [4.78, 5) is 19.9. The van der Waals surface area contributed by atoms with E-state index in [2.05, 4.69) is 53.7 Å². The smallest absolute Gasteiger partial charge is 0.223 e. The molecular formula is C24H29N3O2. The van der Waals surface area contributed by atoms with Crippen LogP contribution >= 0.6 is 0 Å². The number of pyridine rings is 1. The molecule has 0 N–H and O–H groups in total. The highest BCUT2D eigenvalue weighted by molar-refractivity contribution is 5.78. The number of hydrogen-bond donors (Lipinski definition) is 0. The molecule has 29 heavy (non-hydrogen) atoms. The molecule has 0 spiro atoms. The number of morpholine rings is 1. The number of benzene rings is 1. The zero-order valence-electron chi connectivity index (χ0n) is 17.6. The maximum Gasteiger partial charge on any atom is 0.223 e. The van der Waals surface area contributed by atoms with E-state index >= 15 is 0 Å². The third kappa shape index (κ3) is 4.06. The zero-order valence-corrected chi connectivity index (χ0v) is 17.6. The second kappa shape index (κ2) is 7.99. The van der Waals surface area contributed by atoms with Crippen molar-refractivity contribution in [1.29, 1.82) is 0 Å². The summed E-state index contributed by atoms with van der Waals surface area (Å²) in [6.45, 7) is 9.53. The maximum atomic E-state index is 13.3. The Morgan fingerprint density at radius 1 is 1.17 bits per heavy atom. The van der Waals surface area contributed by atoms with Gasteiger partial charge in [-0.15, -0.1) is 0 Å². The van der Waals surface area contributed by atoms with Crippen LogP contribution in [-0.2, 0) is 9.53 Å². The van der Waals surface area contributed by atoms with Crippen molar-refractivity contribution in [2.75, 3.05) is 13.1 Å². The number of carbonyl (C=O) groups is 1. The molecule has 1 aliphatic heterocycles. The van der Waals surface area contributed by atoms with Gasteiger partial charge in [0.2, 0.25) is 5.91 Å². The average molecular weight is 392 g/mol. The summed E-state index contributed by atoms with van der Waals surface area (Å²) in [6, 6.07) is 12.5. The molecule has 4 rings (SSSR count). The Morgan fingerprint density at radius 2 is 1.90 bits per heavy atom. The molecule has 0 bridgehead atoms. The summed E-state index contributed by atoms with van der Waals surface area (Å²) in [5.74, 6) is 0.122. The molecular weight excluding hydrogens is 362 g/mol. The topological polar surface area (TPSA) is 46.8 Å². The number of imidazole rings is 1. The van der Waals surface area contributed by atoms with E-state index in [1.54, 1.807) is 0 Å². The van der Waals surface area contributed by atoms with Gasteiger partial charge in [-0.05, 0) is 56.5 Å². The molecule has 1 saturated heterocycles. The van der Waals surface area contributed by atoms with E-state index in [-0.39, 0.29) is 24.0 Å². The molecule has 3 aromatic rings. The predicted molar refractivity (Wildman–Crippen MR) is 114 cm³/mol. The number of amides is 1. The van der Waals surface area contributed by atoms with Crippen molar-refractivity contribution in [3.8, 4) is 0 Å². The van der Waals surface area contributed by atoms with Gasteiger partial charge in [0.05, 0.1) is 17.9 Å². The van der Waals surface area contributed by atoms with Gasteiger partial charge in [-0.1, -0.05) is 24.3 Å². The highest BCUT2D eigenvalue weighted by atomic mass is 16.5. The summed E-state index contributed by atoms with van der Waals surface area (Å²) in [7, 11) is 0. The first-order valence-electron chi connectivity index (χ1n) is 10.3. The zero-order chi connectivity index (χ0) is 20.5. The van der Waals surface area contributed by atoms with Crippen LogP contribution in [0, 0.1) is 13.8 Å². The molecule has 5 nitrogen and oxygen atoms in total. The van der Waals surface area contributed by atoms with E-state index in [4.69, 9.17) is 4.74 Å². The van der Waals surface area contributed by atoms with Gasteiger partial charge in [-0.2, -0.15) is 0 Å². The first kappa shape index (κ1) is 19.6. The monoisotopic (exact) mass is 391 g/mol. The van der Waals surface area contributed by atoms with Crippen LogP contribution in [0.5, 0.6) is 0 Å². The summed E-state index contributed by atoms with van der Waals surface area (Å²) >= 11 is 0. The fraction of sp³-hybridized carbons (Fsp3) is 0.417. The van der Waals surface area contributed by atoms with Gasteiger partial charge in [-0.25, -0.2) is 4.98 Å². The van der Waals surface area contributed by atoms with Crippen LogP contribution in [0.2, 0.25) is 0 Å². The SMILES string of the molecule is Cc1ccn2c(C(CC(=O)N3CC(C)OC(C)C3)c3ccccc3C)cnc2c1. The number of aromatic nitrogens is 2. The third-order valence-corrected chi connectivity index (χ3v) is 5.77. The van der Waals surface area contributed by atoms with E-state index in [0.29, 0.717) is 19.5 Å². The van der Waals surface area contributed by atoms with Crippen LogP contribution in [-0.4, -0.2) is 45.5 Å². The Hall–Kier alpha value is -2.66. The number of hydrogen-bond acceptors (Lipinski definition) is 3. The Balaban J connectivity index is 1.71. The fourth-order valence-electron chi connectivity index (χ4n) is 4.40. The van der Waals surface area contributed by atoms with Crippen molar-refractivity contribution in [3.05, 3.63) is 71.2 Å². The molecule has 0 aliphatic carbocycles. The highest BCUT2D eigenvalue weighted by Gasteiger charge is 2.30. The van der Waals surface area contributed by atoms with Crippen LogP contribution in [0.4, 0.5) is 0 Å². The molecule has 3 atom stereocenters.